The highest BCUT2D eigenvalue weighted by atomic mass is 32.1. The Morgan fingerprint density at radius 3 is 2.65 bits per heavy atom. The third-order valence-electron chi connectivity index (χ3n) is 7.26. The summed E-state index contributed by atoms with van der Waals surface area (Å²) in [6.45, 7) is 3.76. The summed E-state index contributed by atoms with van der Waals surface area (Å²) in [7, 11) is 1.59. The Hall–Kier alpha value is -4.37. The number of anilines is 2. The van der Waals surface area contributed by atoms with Gasteiger partial charge in [-0.3, -0.25) is 14.2 Å². The van der Waals surface area contributed by atoms with Gasteiger partial charge in [0.1, 0.15) is 11.5 Å². The number of benzene rings is 2. The number of para-hydroxylation sites is 1. The summed E-state index contributed by atoms with van der Waals surface area (Å²) >= 11 is 1.29. The van der Waals surface area contributed by atoms with E-state index in [1.807, 2.05) is 73.7 Å². The maximum Gasteiger partial charge on any atom is 0.271 e. The number of thiazole rings is 1. The van der Waals surface area contributed by atoms with Crippen LogP contribution in [0.2, 0.25) is 0 Å². The average Bonchev–Trinajstić information content (AvgIpc) is 3.57. The summed E-state index contributed by atoms with van der Waals surface area (Å²) in [5.41, 5.74) is 2.15. The second kappa shape index (κ2) is 11.0. The van der Waals surface area contributed by atoms with Gasteiger partial charge in [0.2, 0.25) is 0 Å². The minimum atomic E-state index is -0.683. The van der Waals surface area contributed by atoms with Crippen molar-refractivity contribution in [3.8, 4) is 5.75 Å². The fourth-order valence-corrected chi connectivity index (χ4v) is 6.32. The van der Waals surface area contributed by atoms with Gasteiger partial charge >= 0.3 is 0 Å². The number of piperidine rings is 1. The Morgan fingerprint density at radius 2 is 1.88 bits per heavy atom. The molecule has 9 heteroatoms. The van der Waals surface area contributed by atoms with Crippen molar-refractivity contribution in [2.75, 3.05) is 30.4 Å². The van der Waals surface area contributed by atoms with Gasteiger partial charge in [-0.25, -0.2) is 4.99 Å². The van der Waals surface area contributed by atoms with Gasteiger partial charge in [-0.05, 0) is 62.1 Å². The molecule has 1 fully saturated rings. The van der Waals surface area contributed by atoms with Crippen molar-refractivity contribution < 1.29 is 13.9 Å². The molecule has 8 nitrogen and oxygen atoms in total. The van der Waals surface area contributed by atoms with Gasteiger partial charge in [0.05, 0.1) is 29.0 Å². The van der Waals surface area contributed by atoms with Gasteiger partial charge in [-0.1, -0.05) is 41.7 Å². The standard InChI is InChI=1S/C31H30N4O4S/c1-20-27(29(36)33-22-11-5-3-6-12-22)28(21-10-9-13-23(18-21)38-2)35-30(37)25(40-31(35)32-20)19-24-14-15-26(39-24)34-16-7-4-8-17-34/h3,5-6,9-15,18-19,28H,4,7-8,16-17H2,1-2H3,(H,33,36). The lowest BCUT2D eigenvalue weighted by Crippen LogP contribution is -2.40. The summed E-state index contributed by atoms with van der Waals surface area (Å²) in [5.74, 6) is 1.76. The van der Waals surface area contributed by atoms with Crippen LogP contribution in [0.5, 0.6) is 5.75 Å². The first-order valence-electron chi connectivity index (χ1n) is 13.4. The monoisotopic (exact) mass is 554 g/mol. The molecule has 0 spiro atoms. The molecule has 4 aromatic rings. The van der Waals surface area contributed by atoms with E-state index in [1.165, 1.54) is 17.8 Å². The van der Waals surface area contributed by atoms with Crippen molar-refractivity contribution in [3.05, 3.63) is 109 Å². The largest absolute Gasteiger partial charge is 0.497 e. The molecule has 40 heavy (non-hydrogen) atoms. The Labute approximate surface area is 235 Å². The highest BCUT2D eigenvalue weighted by molar-refractivity contribution is 7.07. The fourth-order valence-electron chi connectivity index (χ4n) is 5.29. The highest BCUT2D eigenvalue weighted by Gasteiger charge is 2.33. The van der Waals surface area contributed by atoms with Crippen LogP contribution in [0.3, 0.4) is 0 Å². The Kier molecular flexibility index (Phi) is 7.13. The van der Waals surface area contributed by atoms with E-state index in [1.54, 1.807) is 17.8 Å². The van der Waals surface area contributed by atoms with Gasteiger partial charge in [0.25, 0.3) is 11.5 Å². The molecule has 0 radical (unpaired) electrons. The molecular formula is C31H30N4O4S. The number of methoxy groups -OCH3 is 1. The minimum absolute atomic E-state index is 0.231. The van der Waals surface area contributed by atoms with Crippen molar-refractivity contribution in [3.63, 3.8) is 0 Å². The Morgan fingerprint density at radius 1 is 1.07 bits per heavy atom. The number of nitrogens with zero attached hydrogens (tertiary/aromatic N) is 3. The molecule has 1 amide bonds. The normalized spacial score (nSPS) is 17.4. The summed E-state index contributed by atoms with van der Waals surface area (Å²) in [6, 6.07) is 19.9. The van der Waals surface area contributed by atoms with Crippen LogP contribution in [0.15, 0.2) is 92.2 Å². The van der Waals surface area contributed by atoms with Crippen molar-refractivity contribution in [1.82, 2.24) is 4.57 Å². The number of carbonyl (C=O) groups is 1. The smallest absolute Gasteiger partial charge is 0.271 e. The molecule has 1 atom stereocenters. The quantitative estimate of drug-likeness (QED) is 0.380. The second-order valence-corrected chi connectivity index (χ2v) is 10.9. The molecule has 2 aliphatic heterocycles. The van der Waals surface area contributed by atoms with Crippen molar-refractivity contribution >= 4 is 34.9 Å². The van der Waals surface area contributed by atoms with Gasteiger partial charge < -0.3 is 19.4 Å². The number of rotatable bonds is 6. The molecule has 0 aliphatic carbocycles. The van der Waals surface area contributed by atoms with Crippen molar-refractivity contribution in [2.24, 2.45) is 4.99 Å². The summed E-state index contributed by atoms with van der Waals surface area (Å²) in [6.07, 6.45) is 5.31. The average molecular weight is 555 g/mol. The number of hydrogen-bond acceptors (Lipinski definition) is 7. The van der Waals surface area contributed by atoms with E-state index >= 15 is 0 Å². The van der Waals surface area contributed by atoms with E-state index in [9.17, 15) is 9.59 Å². The zero-order valence-corrected chi connectivity index (χ0v) is 23.2. The number of amides is 1. The molecule has 6 rings (SSSR count). The first kappa shape index (κ1) is 25.9. The van der Waals surface area contributed by atoms with Crippen LogP contribution in [-0.4, -0.2) is 30.7 Å². The lowest BCUT2D eigenvalue weighted by atomic mass is 9.95. The molecular weight excluding hydrogens is 524 g/mol. The van der Waals surface area contributed by atoms with Crippen molar-refractivity contribution in [1.29, 1.82) is 0 Å². The number of aromatic nitrogens is 1. The van der Waals surface area contributed by atoms with E-state index < -0.39 is 6.04 Å². The molecule has 1 saturated heterocycles. The predicted molar refractivity (Wildman–Crippen MR) is 157 cm³/mol. The van der Waals surface area contributed by atoms with E-state index in [0.29, 0.717) is 37.8 Å². The second-order valence-electron chi connectivity index (χ2n) is 9.90. The number of hydrogen-bond donors (Lipinski definition) is 1. The lowest BCUT2D eigenvalue weighted by Gasteiger charge is -2.25. The third kappa shape index (κ3) is 5.00. The summed E-state index contributed by atoms with van der Waals surface area (Å²) in [4.78, 5) is 35.1. The van der Waals surface area contributed by atoms with E-state index in [-0.39, 0.29) is 11.5 Å². The number of furan rings is 1. The number of fused-ring (bicyclic) bond motifs is 1. The van der Waals surface area contributed by atoms with Gasteiger partial charge in [-0.15, -0.1) is 0 Å². The van der Waals surface area contributed by atoms with Gasteiger partial charge in [0, 0.05) is 30.9 Å². The molecule has 1 N–H and O–H groups in total. The van der Waals surface area contributed by atoms with E-state index in [2.05, 4.69) is 10.2 Å². The van der Waals surface area contributed by atoms with Crippen LogP contribution >= 0.6 is 11.3 Å². The SMILES string of the molecule is COc1cccc(C2C(C(=O)Nc3ccccc3)=C(C)N=c3sc(=Cc4ccc(N5CCCCC5)o4)c(=O)n32)c1. The van der Waals surface area contributed by atoms with E-state index in [4.69, 9.17) is 14.1 Å². The van der Waals surface area contributed by atoms with Crippen molar-refractivity contribution in [2.45, 2.75) is 32.2 Å². The molecule has 2 aromatic carbocycles. The number of nitrogens with one attached hydrogen (secondary N) is 1. The number of carbonyl (C=O) groups excluding carboxylic acids is 1. The number of allylic oxidation sites excluding steroid dienone is 1. The molecule has 204 valence electrons. The van der Waals surface area contributed by atoms with Crippen LogP contribution in [0.4, 0.5) is 11.6 Å². The zero-order valence-electron chi connectivity index (χ0n) is 22.4. The van der Waals surface area contributed by atoms with Gasteiger partial charge in [0.15, 0.2) is 10.7 Å². The minimum Gasteiger partial charge on any atom is -0.497 e. The van der Waals surface area contributed by atoms with Crippen LogP contribution < -0.4 is 29.8 Å². The maximum absolute atomic E-state index is 13.9. The van der Waals surface area contributed by atoms with E-state index in [0.717, 1.165) is 37.4 Å². The summed E-state index contributed by atoms with van der Waals surface area (Å²) in [5, 5.41) is 2.97. The first-order chi connectivity index (χ1) is 19.5. The van der Waals surface area contributed by atoms with Crippen LogP contribution in [0, 0.1) is 0 Å². The molecule has 4 heterocycles. The lowest BCUT2D eigenvalue weighted by molar-refractivity contribution is -0.113. The molecule has 0 bridgehead atoms. The van der Waals surface area contributed by atoms with Gasteiger partial charge in [-0.2, -0.15) is 0 Å². The highest BCUT2D eigenvalue weighted by Crippen LogP contribution is 2.32. The molecule has 1 unspecified atom stereocenters. The molecule has 2 aromatic heterocycles. The topological polar surface area (TPSA) is 89.1 Å². The maximum atomic E-state index is 13.9. The van der Waals surface area contributed by atoms with Crippen LogP contribution in [0.25, 0.3) is 6.08 Å². The fraction of sp³-hybridized carbons (Fsp3) is 0.258. The predicted octanol–water partition coefficient (Wildman–Crippen LogP) is 4.47. The molecule has 0 saturated carbocycles. The summed E-state index contributed by atoms with van der Waals surface area (Å²) < 4.78 is 13.7. The van der Waals surface area contributed by atoms with Crippen LogP contribution in [-0.2, 0) is 4.79 Å². The first-order valence-corrected chi connectivity index (χ1v) is 14.2. The Balaban J connectivity index is 1.44. The van der Waals surface area contributed by atoms with Crippen LogP contribution in [0.1, 0.15) is 43.6 Å². The zero-order chi connectivity index (χ0) is 27.6. The Bertz CT molecular complexity index is 1760. The molecule has 2 aliphatic rings. The third-order valence-corrected chi connectivity index (χ3v) is 8.24. The number of ether oxygens (including phenoxy) is 1.